The molecule has 5 heteroatoms. The molecule has 160 valence electrons. The molecule has 1 heterocycles. The fraction of sp³-hybridized carbons (Fsp3) is 0.269. The van der Waals surface area contributed by atoms with E-state index >= 15 is 0 Å². The average molecular weight is 437 g/mol. The van der Waals surface area contributed by atoms with Crippen molar-refractivity contribution >= 4 is 23.2 Å². The highest BCUT2D eigenvalue weighted by molar-refractivity contribution is 6.31. The van der Waals surface area contributed by atoms with Crippen molar-refractivity contribution in [3.8, 4) is 0 Å². The van der Waals surface area contributed by atoms with E-state index in [9.17, 15) is 9.18 Å². The van der Waals surface area contributed by atoms with Crippen molar-refractivity contribution in [2.24, 2.45) is 0 Å². The van der Waals surface area contributed by atoms with Crippen LogP contribution in [0.5, 0.6) is 0 Å². The standard InChI is InChI=1S/C26H26ClFN2O/c1-19-5-7-20(8-6-19)18-29-15-13-25(14-16-29)30(24-11-9-23(28)10-12-24)26(31)21-3-2-4-22(27)17-21/h2-12,17,25H,13-16,18H2,1H3. The van der Waals surface area contributed by atoms with Crippen LogP contribution in [-0.2, 0) is 6.54 Å². The smallest absolute Gasteiger partial charge is 0.258 e. The molecule has 0 radical (unpaired) electrons. The second kappa shape index (κ2) is 9.63. The fourth-order valence-electron chi connectivity index (χ4n) is 4.14. The maximum absolute atomic E-state index is 13.5. The third kappa shape index (κ3) is 5.33. The van der Waals surface area contributed by atoms with E-state index in [1.807, 2.05) is 4.90 Å². The third-order valence-electron chi connectivity index (χ3n) is 5.84. The topological polar surface area (TPSA) is 23.6 Å². The molecule has 1 saturated heterocycles. The molecule has 0 spiro atoms. The molecule has 1 amide bonds. The first-order valence-corrected chi connectivity index (χ1v) is 11.0. The van der Waals surface area contributed by atoms with Gasteiger partial charge in [-0.05, 0) is 67.8 Å². The van der Waals surface area contributed by atoms with Gasteiger partial charge in [-0.3, -0.25) is 9.69 Å². The Bertz CT molecular complexity index is 1030. The molecule has 1 aliphatic heterocycles. The number of carbonyl (C=O) groups is 1. The van der Waals surface area contributed by atoms with Gasteiger partial charge in [-0.1, -0.05) is 47.5 Å². The zero-order valence-corrected chi connectivity index (χ0v) is 18.4. The molecule has 1 aliphatic rings. The fourth-order valence-corrected chi connectivity index (χ4v) is 4.33. The second-order valence-corrected chi connectivity index (χ2v) is 8.59. The van der Waals surface area contributed by atoms with Gasteiger partial charge in [0.15, 0.2) is 0 Å². The number of anilines is 1. The van der Waals surface area contributed by atoms with Gasteiger partial charge in [0.25, 0.3) is 5.91 Å². The van der Waals surface area contributed by atoms with Gasteiger partial charge in [-0.15, -0.1) is 0 Å². The number of aryl methyl sites for hydroxylation is 1. The number of hydrogen-bond donors (Lipinski definition) is 0. The molecule has 3 aromatic rings. The number of benzene rings is 3. The monoisotopic (exact) mass is 436 g/mol. The summed E-state index contributed by atoms with van der Waals surface area (Å²) in [6.45, 7) is 4.81. The minimum Gasteiger partial charge on any atom is -0.305 e. The second-order valence-electron chi connectivity index (χ2n) is 8.15. The molecule has 31 heavy (non-hydrogen) atoms. The van der Waals surface area contributed by atoms with Crippen molar-refractivity contribution < 1.29 is 9.18 Å². The highest BCUT2D eigenvalue weighted by Gasteiger charge is 2.30. The van der Waals surface area contributed by atoms with Crippen molar-refractivity contribution in [1.82, 2.24) is 4.90 Å². The quantitative estimate of drug-likeness (QED) is 0.482. The molecule has 0 atom stereocenters. The van der Waals surface area contributed by atoms with Gasteiger partial charge in [-0.2, -0.15) is 0 Å². The van der Waals surface area contributed by atoms with Gasteiger partial charge in [-0.25, -0.2) is 4.39 Å². The Balaban J connectivity index is 1.51. The Morgan fingerprint density at radius 1 is 1.03 bits per heavy atom. The lowest BCUT2D eigenvalue weighted by Gasteiger charge is -2.38. The van der Waals surface area contributed by atoms with Gasteiger partial charge < -0.3 is 4.90 Å². The predicted molar refractivity (Wildman–Crippen MR) is 124 cm³/mol. The molecule has 0 aromatic heterocycles. The summed E-state index contributed by atoms with van der Waals surface area (Å²) in [6.07, 6.45) is 1.71. The van der Waals surface area contributed by atoms with Crippen molar-refractivity contribution in [2.45, 2.75) is 32.4 Å². The van der Waals surface area contributed by atoms with E-state index < -0.39 is 0 Å². The number of likely N-dealkylation sites (tertiary alicyclic amines) is 1. The molecule has 4 rings (SSSR count). The van der Waals surface area contributed by atoms with Gasteiger partial charge >= 0.3 is 0 Å². The number of rotatable bonds is 5. The highest BCUT2D eigenvalue weighted by atomic mass is 35.5. The number of piperidine rings is 1. The Kier molecular flexibility index (Phi) is 6.69. The van der Waals surface area contributed by atoms with Crippen LogP contribution in [0.2, 0.25) is 5.02 Å². The summed E-state index contributed by atoms with van der Waals surface area (Å²) in [5, 5.41) is 0.526. The van der Waals surface area contributed by atoms with Crippen LogP contribution < -0.4 is 4.90 Å². The van der Waals surface area contributed by atoms with Crippen LogP contribution in [0, 0.1) is 12.7 Å². The first-order valence-electron chi connectivity index (χ1n) is 10.6. The Morgan fingerprint density at radius 2 is 1.71 bits per heavy atom. The first-order chi connectivity index (χ1) is 15.0. The Labute approximate surface area is 188 Å². The minimum atomic E-state index is -0.313. The van der Waals surface area contributed by atoms with E-state index in [4.69, 9.17) is 11.6 Å². The van der Waals surface area contributed by atoms with Crippen LogP contribution in [0.15, 0.2) is 72.8 Å². The van der Waals surface area contributed by atoms with Crippen molar-refractivity contribution in [2.75, 3.05) is 18.0 Å². The van der Waals surface area contributed by atoms with Crippen LogP contribution in [-0.4, -0.2) is 29.9 Å². The van der Waals surface area contributed by atoms with E-state index in [1.165, 1.54) is 23.3 Å². The largest absolute Gasteiger partial charge is 0.305 e. The summed E-state index contributed by atoms with van der Waals surface area (Å²) < 4.78 is 13.5. The van der Waals surface area contributed by atoms with E-state index in [2.05, 4.69) is 36.1 Å². The molecule has 0 saturated carbocycles. The van der Waals surface area contributed by atoms with Crippen LogP contribution in [0.1, 0.15) is 34.3 Å². The van der Waals surface area contributed by atoms with Crippen molar-refractivity contribution in [3.63, 3.8) is 0 Å². The van der Waals surface area contributed by atoms with E-state index in [0.29, 0.717) is 16.3 Å². The van der Waals surface area contributed by atoms with Crippen LogP contribution in [0.3, 0.4) is 0 Å². The molecule has 1 fully saturated rings. The van der Waals surface area contributed by atoms with Crippen LogP contribution >= 0.6 is 11.6 Å². The molecular formula is C26H26ClFN2O. The van der Waals surface area contributed by atoms with Gasteiger partial charge in [0.1, 0.15) is 5.82 Å². The van der Waals surface area contributed by atoms with Crippen molar-refractivity contribution in [1.29, 1.82) is 0 Å². The van der Waals surface area contributed by atoms with E-state index in [-0.39, 0.29) is 17.8 Å². The van der Waals surface area contributed by atoms with Gasteiger partial charge in [0.05, 0.1) is 0 Å². The molecule has 3 aromatic carbocycles. The zero-order chi connectivity index (χ0) is 21.8. The van der Waals surface area contributed by atoms with E-state index in [0.717, 1.165) is 32.5 Å². The Morgan fingerprint density at radius 3 is 2.35 bits per heavy atom. The number of carbonyl (C=O) groups excluding carboxylic acids is 1. The normalized spacial score (nSPS) is 15.1. The minimum absolute atomic E-state index is 0.0474. The third-order valence-corrected chi connectivity index (χ3v) is 6.08. The van der Waals surface area contributed by atoms with Crippen molar-refractivity contribution in [3.05, 3.63) is 100 Å². The molecule has 0 unspecified atom stereocenters. The maximum atomic E-state index is 13.5. The molecular weight excluding hydrogens is 411 g/mol. The zero-order valence-electron chi connectivity index (χ0n) is 17.6. The molecule has 0 N–H and O–H groups in total. The summed E-state index contributed by atoms with van der Waals surface area (Å²) in [7, 11) is 0. The lowest BCUT2D eigenvalue weighted by atomic mass is 10.00. The predicted octanol–water partition coefficient (Wildman–Crippen LogP) is 6.10. The summed E-state index contributed by atoms with van der Waals surface area (Å²) in [4.78, 5) is 17.7. The average Bonchev–Trinajstić information content (AvgIpc) is 2.78. The molecule has 0 aliphatic carbocycles. The number of halogens is 2. The number of amides is 1. The van der Waals surface area contributed by atoms with Gasteiger partial charge in [0.2, 0.25) is 0 Å². The summed E-state index contributed by atoms with van der Waals surface area (Å²) in [6, 6.07) is 21.8. The van der Waals surface area contributed by atoms with Gasteiger partial charge in [0, 0.05) is 41.9 Å². The highest BCUT2D eigenvalue weighted by Crippen LogP contribution is 2.27. The Hall–Kier alpha value is -2.69. The van der Waals surface area contributed by atoms with Crippen LogP contribution in [0.25, 0.3) is 0 Å². The first kappa shape index (κ1) is 21.5. The molecule has 0 bridgehead atoms. The van der Waals surface area contributed by atoms with E-state index in [1.54, 1.807) is 36.4 Å². The molecule has 3 nitrogen and oxygen atoms in total. The number of hydrogen-bond acceptors (Lipinski definition) is 2. The maximum Gasteiger partial charge on any atom is 0.258 e. The number of nitrogens with zero attached hydrogens (tertiary/aromatic N) is 2. The van der Waals surface area contributed by atoms with Crippen LogP contribution in [0.4, 0.5) is 10.1 Å². The summed E-state index contributed by atoms with van der Waals surface area (Å²) >= 11 is 6.13. The summed E-state index contributed by atoms with van der Waals surface area (Å²) in [5.41, 5.74) is 3.81. The lowest BCUT2D eigenvalue weighted by molar-refractivity contribution is 0.0958. The summed E-state index contributed by atoms with van der Waals surface area (Å²) in [5.74, 6) is -0.419. The SMILES string of the molecule is Cc1ccc(CN2CCC(N(C(=O)c3cccc(Cl)c3)c3ccc(F)cc3)CC2)cc1. The lowest BCUT2D eigenvalue weighted by Crippen LogP contribution is -2.47.